The summed E-state index contributed by atoms with van der Waals surface area (Å²) in [6.07, 6.45) is 0.407. The molecule has 2 aromatic rings. The molecule has 1 heterocycles. The van der Waals surface area contributed by atoms with Crippen molar-refractivity contribution in [3.63, 3.8) is 0 Å². The van der Waals surface area contributed by atoms with Gasteiger partial charge in [0.25, 0.3) is 5.69 Å². The first-order valence-corrected chi connectivity index (χ1v) is 10.9. The summed E-state index contributed by atoms with van der Waals surface area (Å²) in [6, 6.07) is 11.0. The first kappa shape index (κ1) is 25.4. The number of carbonyl (C=O) groups is 3. The summed E-state index contributed by atoms with van der Waals surface area (Å²) in [6.45, 7) is 2.06. The van der Waals surface area contributed by atoms with Gasteiger partial charge in [-0.2, -0.15) is 0 Å². The molecule has 0 aromatic heterocycles. The monoisotopic (exact) mass is 482 g/mol. The fraction of sp³-hybridized carbons (Fsp3) is 0.292. The van der Waals surface area contributed by atoms with E-state index in [-0.39, 0.29) is 35.8 Å². The van der Waals surface area contributed by atoms with Gasteiger partial charge in [0.1, 0.15) is 5.75 Å². The Kier molecular flexibility index (Phi) is 8.16. The number of methoxy groups -OCH3 is 1. The van der Waals surface area contributed by atoms with E-state index >= 15 is 0 Å². The zero-order chi connectivity index (χ0) is 25.5. The third kappa shape index (κ3) is 5.82. The number of urea groups is 1. The van der Waals surface area contributed by atoms with E-state index in [1.807, 2.05) is 0 Å². The number of hydrogen-bond donors (Lipinski definition) is 3. The van der Waals surface area contributed by atoms with E-state index in [0.717, 1.165) is 0 Å². The number of allylic oxidation sites excluding steroid dienone is 1. The number of hydrogen-bond acceptors (Lipinski definition) is 7. The molecule has 1 aliphatic heterocycles. The van der Waals surface area contributed by atoms with Crippen molar-refractivity contribution < 1.29 is 29.2 Å². The molecule has 3 N–H and O–H groups in total. The number of carboxylic acids is 1. The van der Waals surface area contributed by atoms with Crippen LogP contribution in [0.2, 0.25) is 0 Å². The molecule has 0 saturated carbocycles. The van der Waals surface area contributed by atoms with Gasteiger partial charge in [-0.1, -0.05) is 24.3 Å². The molecule has 35 heavy (non-hydrogen) atoms. The molecule has 11 heteroatoms. The van der Waals surface area contributed by atoms with Crippen molar-refractivity contribution in [3.05, 3.63) is 81.0 Å². The highest BCUT2D eigenvalue weighted by Crippen LogP contribution is 2.35. The number of amides is 2. The Labute approximate surface area is 201 Å². The minimum atomic E-state index is -1.23. The maximum absolute atomic E-state index is 12.8. The summed E-state index contributed by atoms with van der Waals surface area (Å²) in [5, 5.41) is 26.6. The summed E-state index contributed by atoms with van der Waals surface area (Å²) < 4.78 is 5.21. The predicted molar refractivity (Wildman–Crippen MR) is 126 cm³/mol. The molecule has 2 amide bonds. The summed E-state index contributed by atoms with van der Waals surface area (Å²) in [7, 11) is 1.49. The zero-order valence-electron chi connectivity index (χ0n) is 19.3. The molecule has 184 valence electrons. The van der Waals surface area contributed by atoms with Crippen LogP contribution < -0.4 is 15.4 Å². The van der Waals surface area contributed by atoms with E-state index in [1.54, 1.807) is 30.3 Å². The highest BCUT2D eigenvalue weighted by atomic mass is 16.6. The molecule has 0 aliphatic carbocycles. The number of ether oxygens (including phenoxy) is 1. The maximum Gasteiger partial charge on any atom is 0.335 e. The molecule has 1 unspecified atom stereocenters. The SMILES string of the molecule is COc1ccccc1C(=O)CNCCCN1C(=O)NC(C)=C(C(=O)O)C1c1cccc([N+](=O)[O-])c1. The van der Waals surface area contributed by atoms with Gasteiger partial charge in [-0.25, -0.2) is 9.59 Å². The molecule has 0 fully saturated rings. The van der Waals surface area contributed by atoms with Crippen molar-refractivity contribution in [2.75, 3.05) is 26.7 Å². The number of carbonyl (C=O) groups excluding carboxylic acids is 2. The lowest BCUT2D eigenvalue weighted by Gasteiger charge is -2.37. The number of carboxylic acid groups (broad SMARTS) is 1. The second-order valence-electron chi connectivity index (χ2n) is 7.88. The van der Waals surface area contributed by atoms with E-state index in [0.29, 0.717) is 29.8 Å². The Balaban J connectivity index is 1.71. The predicted octanol–water partition coefficient (Wildman–Crippen LogP) is 2.89. The summed E-state index contributed by atoms with van der Waals surface area (Å²) in [4.78, 5) is 49.3. The molecular formula is C24H26N4O7. The molecule has 0 radical (unpaired) electrons. The number of benzene rings is 2. The molecule has 11 nitrogen and oxygen atoms in total. The lowest BCUT2D eigenvalue weighted by Crippen LogP contribution is -2.49. The van der Waals surface area contributed by atoms with Crippen LogP contribution in [0.3, 0.4) is 0 Å². The van der Waals surface area contributed by atoms with Gasteiger partial charge in [-0.3, -0.25) is 14.9 Å². The second kappa shape index (κ2) is 11.3. The molecule has 3 rings (SSSR count). The quantitative estimate of drug-likeness (QED) is 0.191. The van der Waals surface area contributed by atoms with E-state index in [1.165, 1.54) is 37.1 Å². The number of nitrogens with zero attached hydrogens (tertiary/aromatic N) is 2. The first-order chi connectivity index (χ1) is 16.7. The van der Waals surface area contributed by atoms with Crippen molar-refractivity contribution in [1.82, 2.24) is 15.5 Å². The van der Waals surface area contributed by atoms with Crippen LogP contribution in [0.25, 0.3) is 0 Å². The van der Waals surface area contributed by atoms with Crippen molar-refractivity contribution in [2.45, 2.75) is 19.4 Å². The van der Waals surface area contributed by atoms with Gasteiger partial charge in [0.15, 0.2) is 5.78 Å². The van der Waals surface area contributed by atoms with E-state index in [2.05, 4.69) is 10.6 Å². The molecule has 0 spiro atoms. The number of nitro groups is 1. The Hall–Kier alpha value is -4.25. The molecule has 2 aromatic carbocycles. The fourth-order valence-electron chi connectivity index (χ4n) is 3.99. The number of ketones is 1. The number of nitrogens with one attached hydrogen (secondary N) is 2. The van der Waals surface area contributed by atoms with Crippen LogP contribution in [0.4, 0.5) is 10.5 Å². The van der Waals surface area contributed by atoms with E-state index in [9.17, 15) is 29.6 Å². The number of non-ortho nitro benzene ring substituents is 1. The summed E-state index contributed by atoms with van der Waals surface area (Å²) in [5.41, 5.74) is 0.688. The Morgan fingerprint density at radius 1 is 1.23 bits per heavy atom. The topological polar surface area (TPSA) is 151 Å². The number of rotatable bonds is 11. The van der Waals surface area contributed by atoms with Crippen molar-refractivity contribution in [3.8, 4) is 5.75 Å². The van der Waals surface area contributed by atoms with Gasteiger partial charge < -0.3 is 25.4 Å². The van der Waals surface area contributed by atoms with Gasteiger partial charge in [-0.05, 0) is 37.6 Å². The average Bonchev–Trinajstić information content (AvgIpc) is 2.84. The number of para-hydroxylation sites is 1. The minimum Gasteiger partial charge on any atom is -0.496 e. The van der Waals surface area contributed by atoms with Gasteiger partial charge in [0, 0.05) is 24.4 Å². The van der Waals surface area contributed by atoms with Gasteiger partial charge in [-0.15, -0.1) is 0 Å². The molecule has 1 aliphatic rings. The number of aliphatic carboxylic acids is 1. The summed E-state index contributed by atoms with van der Waals surface area (Å²) >= 11 is 0. The van der Waals surface area contributed by atoms with Crippen LogP contribution in [-0.4, -0.2) is 59.5 Å². The van der Waals surface area contributed by atoms with Gasteiger partial charge in [0.2, 0.25) is 0 Å². The standard InChI is InChI=1S/C24H26N4O7/c1-15-21(23(30)31)22(16-7-5-8-17(13-16)28(33)34)27(24(32)26-15)12-6-11-25-14-19(29)18-9-3-4-10-20(18)35-2/h3-5,7-10,13,22,25H,6,11-12,14H2,1-2H3,(H,26,32)(H,30,31). The van der Waals surface area contributed by atoms with Crippen LogP contribution in [0, 0.1) is 10.1 Å². The van der Waals surface area contributed by atoms with Crippen molar-refractivity contribution in [1.29, 1.82) is 0 Å². The molecular weight excluding hydrogens is 456 g/mol. The highest BCUT2D eigenvalue weighted by molar-refractivity contribution is 6.00. The molecule has 1 atom stereocenters. The van der Waals surface area contributed by atoms with Crippen molar-refractivity contribution in [2.24, 2.45) is 0 Å². The van der Waals surface area contributed by atoms with Crippen molar-refractivity contribution >= 4 is 23.5 Å². The third-order valence-corrected chi connectivity index (χ3v) is 5.62. The molecule has 0 saturated heterocycles. The fourth-order valence-corrected chi connectivity index (χ4v) is 3.99. The highest BCUT2D eigenvalue weighted by Gasteiger charge is 2.38. The lowest BCUT2D eigenvalue weighted by molar-refractivity contribution is -0.384. The van der Waals surface area contributed by atoms with E-state index < -0.39 is 23.0 Å². The smallest absolute Gasteiger partial charge is 0.335 e. The van der Waals surface area contributed by atoms with Gasteiger partial charge in [0.05, 0.1) is 35.8 Å². The number of nitro benzene ring substituents is 1. The lowest BCUT2D eigenvalue weighted by atomic mass is 9.93. The average molecular weight is 482 g/mol. The van der Waals surface area contributed by atoms with Gasteiger partial charge >= 0.3 is 12.0 Å². The largest absolute Gasteiger partial charge is 0.496 e. The molecule has 0 bridgehead atoms. The zero-order valence-corrected chi connectivity index (χ0v) is 19.3. The first-order valence-electron chi connectivity index (χ1n) is 10.9. The second-order valence-corrected chi connectivity index (χ2v) is 7.88. The van der Waals surface area contributed by atoms with Crippen LogP contribution in [-0.2, 0) is 4.79 Å². The number of Topliss-reactive ketones (excluding diaryl/α,β-unsaturated/α-hetero) is 1. The van der Waals surface area contributed by atoms with Crippen LogP contribution in [0.15, 0.2) is 59.8 Å². The van der Waals surface area contributed by atoms with Crippen LogP contribution in [0.1, 0.15) is 35.3 Å². The Bertz CT molecular complexity index is 1180. The third-order valence-electron chi connectivity index (χ3n) is 5.62. The van der Waals surface area contributed by atoms with E-state index in [4.69, 9.17) is 4.74 Å². The normalized spacial score (nSPS) is 15.5. The minimum absolute atomic E-state index is 0.0558. The van der Waals surface area contributed by atoms with Crippen LogP contribution >= 0.6 is 0 Å². The Morgan fingerprint density at radius 2 is 1.97 bits per heavy atom. The van der Waals surface area contributed by atoms with Crippen LogP contribution in [0.5, 0.6) is 5.75 Å². The Morgan fingerprint density at radius 3 is 2.66 bits per heavy atom. The maximum atomic E-state index is 12.8. The summed E-state index contributed by atoms with van der Waals surface area (Å²) in [5.74, 6) is -0.906.